The number of nitrogens with zero attached hydrogens (tertiary/aromatic N) is 3. The fraction of sp³-hybridized carbons (Fsp3) is 0.391. The van der Waals surface area contributed by atoms with Crippen LogP contribution in [0.4, 0.5) is 0 Å². The van der Waals surface area contributed by atoms with Crippen molar-refractivity contribution in [3.05, 3.63) is 71.3 Å². The Bertz CT molecular complexity index is 856. The highest BCUT2D eigenvalue weighted by Gasteiger charge is 2.38. The number of hydrogen-bond donors (Lipinski definition) is 0. The number of amides is 1. The van der Waals surface area contributed by atoms with E-state index in [-0.39, 0.29) is 18.1 Å². The van der Waals surface area contributed by atoms with Crippen molar-refractivity contribution in [2.24, 2.45) is 0 Å². The molecule has 0 saturated carbocycles. The Kier molecular flexibility index (Phi) is 5.70. The quantitative estimate of drug-likeness (QED) is 0.823. The van der Waals surface area contributed by atoms with Crippen molar-refractivity contribution in [3.63, 3.8) is 0 Å². The number of carbonyl (C=O) groups excluding carboxylic acids is 1. The second-order valence-electron chi connectivity index (χ2n) is 7.43. The first kappa shape index (κ1) is 18.7. The topological polar surface area (TPSA) is 56.6 Å². The van der Waals surface area contributed by atoms with Gasteiger partial charge in [0.05, 0.1) is 35.9 Å². The molecule has 0 aliphatic carbocycles. The van der Waals surface area contributed by atoms with E-state index >= 15 is 0 Å². The van der Waals surface area contributed by atoms with Crippen LogP contribution in [-0.4, -0.2) is 54.6 Å². The van der Waals surface area contributed by atoms with Crippen molar-refractivity contribution in [2.75, 3.05) is 32.8 Å². The Morgan fingerprint density at radius 3 is 2.50 bits per heavy atom. The predicted octanol–water partition coefficient (Wildman–Crippen LogP) is 3.24. The van der Waals surface area contributed by atoms with Gasteiger partial charge in [0.2, 0.25) is 0 Å². The van der Waals surface area contributed by atoms with Gasteiger partial charge in [0.15, 0.2) is 0 Å². The summed E-state index contributed by atoms with van der Waals surface area (Å²) in [7, 11) is 0. The van der Waals surface area contributed by atoms with E-state index in [0.29, 0.717) is 24.3 Å². The zero-order valence-electron chi connectivity index (χ0n) is 16.0. The zero-order chi connectivity index (χ0) is 19.3. The van der Waals surface area contributed by atoms with Crippen LogP contribution in [0.15, 0.2) is 54.6 Å². The summed E-state index contributed by atoms with van der Waals surface area (Å²) in [6, 6.07) is 19.2. The number of benzene rings is 2. The second kappa shape index (κ2) is 8.55. The molecule has 144 valence electrons. The number of morpholine rings is 1. The van der Waals surface area contributed by atoms with E-state index in [4.69, 9.17) is 4.74 Å². The summed E-state index contributed by atoms with van der Waals surface area (Å²) >= 11 is 0. The van der Waals surface area contributed by atoms with E-state index in [9.17, 15) is 10.1 Å². The predicted molar refractivity (Wildman–Crippen MR) is 107 cm³/mol. The summed E-state index contributed by atoms with van der Waals surface area (Å²) in [5.41, 5.74) is 1.96. The van der Waals surface area contributed by atoms with Crippen LogP contribution >= 0.6 is 0 Å². The van der Waals surface area contributed by atoms with Gasteiger partial charge in [0.25, 0.3) is 5.91 Å². The minimum Gasteiger partial charge on any atom is -0.373 e. The molecule has 0 unspecified atom stereocenters. The molecule has 2 heterocycles. The smallest absolute Gasteiger partial charge is 0.255 e. The van der Waals surface area contributed by atoms with E-state index in [1.54, 1.807) is 18.2 Å². The van der Waals surface area contributed by atoms with Gasteiger partial charge in [0.1, 0.15) is 0 Å². The number of nitriles is 1. The number of rotatable bonds is 4. The van der Waals surface area contributed by atoms with E-state index in [1.165, 1.54) is 12.8 Å². The monoisotopic (exact) mass is 375 g/mol. The van der Waals surface area contributed by atoms with Crippen molar-refractivity contribution in [3.8, 4) is 6.07 Å². The summed E-state index contributed by atoms with van der Waals surface area (Å²) in [4.78, 5) is 17.8. The normalized spacial score (nSPS) is 22.8. The van der Waals surface area contributed by atoms with Gasteiger partial charge in [-0.2, -0.15) is 5.26 Å². The van der Waals surface area contributed by atoms with Crippen LogP contribution < -0.4 is 0 Å². The van der Waals surface area contributed by atoms with Crippen molar-refractivity contribution in [1.82, 2.24) is 9.80 Å². The molecule has 2 aliphatic heterocycles. The highest BCUT2D eigenvalue weighted by Crippen LogP contribution is 2.32. The number of likely N-dealkylation sites (tertiary alicyclic amines) is 1. The lowest BCUT2D eigenvalue weighted by Crippen LogP contribution is -2.51. The van der Waals surface area contributed by atoms with Gasteiger partial charge in [-0.25, -0.2) is 0 Å². The van der Waals surface area contributed by atoms with Gasteiger partial charge < -0.3 is 14.5 Å². The standard InChI is InChI=1S/C23H25N3O2/c24-16-19-10-4-5-11-20(19)23(27)26-14-15-28-21(17-25-12-6-7-13-25)22(26)18-8-2-1-3-9-18/h1-5,8-11,21-22H,6-7,12-15,17H2/t21-,22-/m0/s1. The summed E-state index contributed by atoms with van der Waals surface area (Å²) in [5, 5.41) is 9.44. The van der Waals surface area contributed by atoms with Gasteiger partial charge in [-0.05, 0) is 43.6 Å². The second-order valence-corrected chi connectivity index (χ2v) is 7.43. The van der Waals surface area contributed by atoms with Gasteiger partial charge in [-0.1, -0.05) is 42.5 Å². The van der Waals surface area contributed by atoms with E-state index < -0.39 is 0 Å². The first-order chi connectivity index (χ1) is 13.8. The first-order valence-electron chi connectivity index (χ1n) is 9.97. The fourth-order valence-corrected chi connectivity index (χ4v) is 4.30. The average Bonchev–Trinajstić information content (AvgIpc) is 3.27. The lowest BCUT2D eigenvalue weighted by molar-refractivity contribution is -0.0707. The molecule has 0 bridgehead atoms. The summed E-state index contributed by atoms with van der Waals surface area (Å²) < 4.78 is 6.18. The molecule has 2 saturated heterocycles. The molecule has 4 rings (SSSR count). The first-order valence-corrected chi connectivity index (χ1v) is 9.97. The molecule has 0 spiro atoms. The molecule has 28 heavy (non-hydrogen) atoms. The molecule has 0 radical (unpaired) electrons. The molecule has 1 amide bonds. The highest BCUT2D eigenvalue weighted by molar-refractivity contribution is 5.97. The van der Waals surface area contributed by atoms with Crippen LogP contribution in [0.2, 0.25) is 0 Å². The number of hydrogen-bond acceptors (Lipinski definition) is 4. The molecular weight excluding hydrogens is 350 g/mol. The lowest BCUT2D eigenvalue weighted by atomic mass is 9.96. The molecule has 2 aromatic rings. The minimum absolute atomic E-state index is 0.0764. The zero-order valence-corrected chi connectivity index (χ0v) is 16.0. The Morgan fingerprint density at radius 2 is 1.75 bits per heavy atom. The number of ether oxygens (including phenoxy) is 1. The maximum Gasteiger partial charge on any atom is 0.255 e. The third kappa shape index (κ3) is 3.80. The molecule has 0 N–H and O–H groups in total. The fourth-order valence-electron chi connectivity index (χ4n) is 4.30. The van der Waals surface area contributed by atoms with Gasteiger partial charge >= 0.3 is 0 Å². The maximum atomic E-state index is 13.5. The van der Waals surface area contributed by atoms with Crippen molar-refractivity contribution in [1.29, 1.82) is 5.26 Å². The summed E-state index contributed by atoms with van der Waals surface area (Å²) in [6.07, 6.45) is 2.37. The Labute approximate surface area is 166 Å². The highest BCUT2D eigenvalue weighted by atomic mass is 16.5. The Hall–Kier alpha value is -2.68. The molecular formula is C23H25N3O2. The average molecular weight is 375 g/mol. The van der Waals surface area contributed by atoms with Crippen LogP contribution in [0.25, 0.3) is 0 Å². The minimum atomic E-state index is -0.158. The van der Waals surface area contributed by atoms with Crippen molar-refractivity contribution >= 4 is 5.91 Å². The van der Waals surface area contributed by atoms with Crippen molar-refractivity contribution in [2.45, 2.75) is 25.0 Å². The number of carbonyl (C=O) groups is 1. The van der Waals surface area contributed by atoms with Crippen LogP contribution in [-0.2, 0) is 4.74 Å². The lowest BCUT2D eigenvalue weighted by Gasteiger charge is -2.43. The van der Waals surface area contributed by atoms with E-state index in [1.807, 2.05) is 29.2 Å². The molecule has 2 aliphatic rings. The molecule has 5 nitrogen and oxygen atoms in total. The van der Waals surface area contributed by atoms with Crippen LogP contribution in [0, 0.1) is 11.3 Å². The maximum absolute atomic E-state index is 13.5. The third-order valence-electron chi connectivity index (χ3n) is 5.67. The Morgan fingerprint density at radius 1 is 1.04 bits per heavy atom. The van der Waals surface area contributed by atoms with E-state index in [2.05, 4.69) is 23.1 Å². The van der Waals surface area contributed by atoms with Crippen LogP contribution in [0.5, 0.6) is 0 Å². The largest absolute Gasteiger partial charge is 0.373 e. The summed E-state index contributed by atoms with van der Waals surface area (Å²) in [6.45, 7) is 4.04. The van der Waals surface area contributed by atoms with Crippen LogP contribution in [0.1, 0.15) is 40.4 Å². The summed E-state index contributed by atoms with van der Waals surface area (Å²) in [5.74, 6) is -0.0966. The molecule has 0 aromatic heterocycles. The van der Waals surface area contributed by atoms with Crippen LogP contribution in [0.3, 0.4) is 0 Å². The molecule has 5 heteroatoms. The molecule has 2 fully saturated rings. The third-order valence-corrected chi connectivity index (χ3v) is 5.67. The molecule has 2 atom stereocenters. The van der Waals surface area contributed by atoms with Gasteiger partial charge in [-0.15, -0.1) is 0 Å². The van der Waals surface area contributed by atoms with Crippen molar-refractivity contribution < 1.29 is 9.53 Å². The van der Waals surface area contributed by atoms with Gasteiger partial charge in [0, 0.05) is 13.1 Å². The van der Waals surface area contributed by atoms with Gasteiger partial charge in [-0.3, -0.25) is 4.79 Å². The Balaban J connectivity index is 1.67. The van der Waals surface area contributed by atoms with E-state index in [0.717, 1.165) is 25.2 Å². The SMILES string of the molecule is N#Cc1ccccc1C(=O)N1CCO[C@@H](CN2CCCC2)[C@@H]1c1ccccc1. The molecule has 2 aromatic carbocycles.